The lowest BCUT2D eigenvalue weighted by atomic mass is 10.0. The van der Waals surface area contributed by atoms with E-state index in [0.29, 0.717) is 45.1 Å². The molecule has 0 fully saturated rings. The Kier molecular flexibility index (Phi) is 4.67. The van der Waals surface area contributed by atoms with Gasteiger partial charge in [0.25, 0.3) is 5.56 Å². The molecule has 3 N–H and O–H groups in total. The average Bonchev–Trinajstić information content (AvgIpc) is 3.42. The Morgan fingerprint density at radius 1 is 1.18 bits per heavy atom. The van der Waals surface area contributed by atoms with Crippen molar-refractivity contribution in [2.24, 2.45) is 0 Å². The number of pyridine rings is 2. The van der Waals surface area contributed by atoms with Crippen LogP contribution in [0.3, 0.4) is 0 Å². The number of nitrogens with one attached hydrogen (secondary N) is 1. The highest BCUT2D eigenvalue weighted by Crippen LogP contribution is 2.43. The minimum Gasteiger partial charge on any atom is -0.560 e. The minimum atomic E-state index is -0.897. The van der Waals surface area contributed by atoms with Gasteiger partial charge in [-0.2, -0.15) is 0 Å². The molecular weight excluding hydrogens is 454 g/mol. The zero-order valence-corrected chi connectivity index (χ0v) is 18.6. The highest BCUT2D eigenvalue weighted by Gasteiger charge is 2.33. The van der Waals surface area contributed by atoms with E-state index >= 15 is 0 Å². The van der Waals surface area contributed by atoms with Gasteiger partial charge in [-0.3, -0.25) is 4.79 Å². The third kappa shape index (κ3) is 3.08. The average molecular weight is 473 g/mol. The molecule has 0 atom stereocenters. The van der Waals surface area contributed by atoms with Crippen molar-refractivity contribution in [3.05, 3.63) is 93.1 Å². The van der Waals surface area contributed by atoms with Crippen LogP contribution in [0.1, 0.15) is 21.6 Å². The maximum atomic E-state index is 12.8. The van der Waals surface area contributed by atoms with E-state index in [9.17, 15) is 9.59 Å². The maximum Gasteiger partial charge on any atom is 0.566 e. The van der Waals surface area contributed by atoms with Gasteiger partial charge in [0.1, 0.15) is 10.9 Å². The molecule has 1 aliphatic heterocycles. The number of hydrogen-bond donors (Lipinski definition) is 1. The van der Waals surface area contributed by atoms with Crippen molar-refractivity contribution in [1.82, 2.24) is 14.5 Å². The van der Waals surface area contributed by atoms with Crippen LogP contribution in [0, 0.1) is 0 Å². The number of benzene rings is 2. The molecule has 0 aliphatic carbocycles. The Hall–Kier alpha value is -4.10. The zero-order valence-electron chi connectivity index (χ0n) is 17.9. The molecular formula is C26H19ClN3O4+. The van der Waals surface area contributed by atoms with Crippen molar-refractivity contribution in [2.75, 3.05) is 6.61 Å². The predicted molar refractivity (Wildman–Crippen MR) is 131 cm³/mol. The fourth-order valence-electron chi connectivity index (χ4n) is 4.78. The normalized spacial score (nSPS) is 12.7. The van der Waals surface area contributed by atoms with Gasteiger partial charge in [0, 0.05) is 33.9 Å². The Morgan fingerprint density at radius 3 is 2.85 bits per heavy atom. The molecule has 0 unspecified atom stereocenters. The van der Waals surface area contributed by atoms with Gasteiger partial charge in [0.15, 0.2) is 0 Å². The van der Waals surface area contributed by atoms with Crippen molar-refractivity contribution in [3.63, 3.8) is 0 Å². The van der Waals surface area contributed by atoms with Crippen molar-refractivity contribution < 1.29 is 14.6 Å². The number of para-hydroxylation sites is 1. The number of nitrogens with zero attached hydrogens (tertiary/aromatic N) is 2. The van der Waals surface area contributed by atoms with Crippen LogP contribution in [0.2, 0.25) is 5.15 Å². The molecule has 0 bridgehead atoms. The quantitative estimate of drug-likeness (QED) is 0.315. The second-order valence-electron chi connectivity index (χ2n) is 8.23. The molecule has 5 aromatic rings. The van der Waals surface area contributed by atoms with E-state index in [2.05, 4.69) is 9.97 Å². The molecule has 3 aromatic heterocycles. The van der Waals surface area contributed by atoms with Gasteiger partial charge >= 0.3 is 5.97 Å². The lowest BCUT2D eigenvalue weighted by Gasteiger charge is -2.10. The summed E-state index contributed by atoms with van der Waals surface area (Å²) in [4.78, 5) is 32.8. The van der Waals surface area contributed by atoms with E-state index in [4.69, 9.17) is 21.4 Å². The van der Waals surface area contributed by atoms with Crippen LogP contribution >= 0.6 is 11.6 Å². The molecule has 34 heavy (non-hydrogen) atoms. The third-order valence-electron chi connectivity index (χ3n) is 6.26. The highest BCUT2D eigenvalue weighted by molar-refractivity contribution is 6.30. The molecule has 6 rings (SSSR count). The van der Waals surface area contributed by atoms with Gasteiger partial charge in [0.05, 0.1) is 35.1 Å². The van der Waals surface area contributed by atoms with Crippen LogP contribution < -0.4 is 10.3 Å². The smallest absolute Gasteiger partial charge is 0.560 e. The van der Waals surface area contributed by atoms with Crippen LogP contribution in [0.4, 0.5) is 0 Å². The van der Waals surface area contributed by atoms with Gasteiger partial charge in [-0.05, 0) is 35.9 Å². The molecule has 2 aromatic carbocycles. The Labute approximate surface area is 198 Å². The second-order valence-corrected chi connectivity index (χ2v) is 8.59. The lowest BCUT2D eigenvalue weighted by molar-refractivity contribution is 0.0687. The van der Waals surface area contributed by atoms with E-state index in [0.717, 1.165) is 22.9 Å². The number of carbonyl (C=O) groups is 1. The first-order valence-corrected chi connectivity index (χ1v) is 11.2. The fraction of sp³-hybridized carbons (Fsp3) is 0.115. The van der Waals surface area contributed by atoms with Gasteiger partial charge in [0.2, 0.25) is 5.69 Å². The monoisotopic (exact) mass is 472 g/mol. The molecule has 8 heteroatoms. The van der Waals surface area contributed by atoms with E-state index in [1.54, 1.807) is 16.7 Å². The maximum absolute atomic E-state index is 12.8. The number of aromatic nitrogens is 3. The summed E-state index contributed by atoms with van der Waals surface area (Å²) in [5, 5.41) is 10.0. The standard InChI is InChI=1S/C26H18ClN3O4/c27-24-16(12-15-4-1-2-6-18(15)29-24)13-30-19-8-7-14-9-11-34-23(14)21(19)20(22(30)26(32)33)17-5-3-10-28-25(17)31/h1-8,10,12H,9,11,13H2,(H,28,31)(H,32,33)/p+1. The molecule has 0 spiro atoms. The van der Waals surface area contributed by atoms with Crippen LogP contribution in [-0.4, -0.2) is 32.2 Å². The van der Waals surface area contributed by atoms with E-state index < -0.39 is 5.97 Å². The lowest BCUT2D eigenvalue weighted by Crippen LogP contribution is -2.14. The van der Waals surface area contributed by atoms with Crippen LogP contribution in [-0.2, 0) is 13.0 Å². The largest absolute Gasteiger partial charge is 0.566 e. The molecule has 0 radical (unpaired) electrons. The SMILES string of the molecule is O=C([OH2+])c1c(-c2ccc[nH]c2=O)c2c3c(ccc2n1Cc1cc2ccccc2nc1Cl)CCO3. The molecule has 0 saturated heterocycles. The predicted octanol–water partition coefficient (Wildman–Crippen LogP) is 4.05. The number of aromatic amines is 1. The summed E-state index contributed by atoms with van der Waals surface area (Å²) < 4.78 is 7.70. The second kappa shape index (κ2) is 7.74. The van der Waals surface area contributed by atoms with E-state index in [-0.39, 0.29) is 17.8 Å². The van der Waals surface area contributed by atoms with Crippen molar-refractivity contribution in [2.45, 2.75) is 13.0 Å². The molecule has 7 nitrogen and oxygen atoms in total. The van der Waals surface area contributed by atoms with E-state index in [1.165, 1.54) is 6.20 Å². The topological polar surface area (TPSA) is 99.9 Å². The summed E-state index contributed by atoms with van der Waals surface area (Å²) in [6.07, 6.45) is 2.28. The number of halogens is 1. The van der Waals surface area contributed by atoms with Gasteiger partial charge < -0.3 is 19.4 Å². The minimum absolute atomic E-state index is 0.111. The number of hydrogen-bond acceptors (Lipinski definition) is 4. The van der Waals surface area contributed by atoms with Crippen molar-refractivity contribution >= 4 is 39.4 Å². The van der Waals surface area contributed by atoms with Crippen LogP contribution in [0.5, 0.6) is 5.75 Å². The zero-order chi connectivity index (χ0) is 23.4. The number of fused-ring (bicyclic) bond motifs is 4. The van der Waals surface area contributed by atoms with Gasteiger partial charge in [-0.25, -0.2) is 4.98 Å². The number of carbonyl (C=O) groups excluding carboxylic acids is 1. The third-order valence-corrected chi connectivity index (χ3v) is 6.59. The molecule has 168 valence electrons. The molecule has 4 heterocycles. The highest BCUT2D eigenvalue weighted by atomic mass is 35.5. The van der Waals surface area contributed by atoms with Gasteiger partial charge in [-0.15, -0.1) is 0 Å². The molecule has 0 amide bonds. The summed E-state index contributed by atoms with van der Waals surface area (Å²) in [6.45, 7) is 0.728. The van der Waals surface area contributed by atoms with Crippen LogP contribution in [0.15, 0.2) is 65.6 Å². The van der Waals surface area contributed by atoms with Crippen LogP contribution in [0.25, 0.3) is 32.9 Å². The summed E-state index contributed by atoms with van der Waals surface area (Å²) >= 11 is 6.54. The first-order valence-electron chi connectivity index (χ1n) is 10.8. The van der Waals surface area contributed by atoms with E-state index in [1.807, 2.05) is 42.5 Å². The number of ether oxygens (including phenoxy) is 1. The Balaban J connectivity index is 1.68. The molecule has 1 aliphatic rings. The van der Waals surface area contributed by atoms with Crippen molar-refractivity contribution in [3.8, 4) is 16.9 Å². The summed E-state index contributed by atoms with van der Waals surface area (Å²) in [7, 11) is 0. The molecule has 0 saturated carbocycles. The summed E-state index contributed by atoms with van der Waals surface area (Å²) in [5.41, 5.74) is 3.66. The van der Waals surface area contributed by atoms with Crippen molar-refractivity contribution in [1.29, 1.82) is 0 Å². The van der Waals surface area contributed by atoms with Gasteiger partial charge in [-0.1, -0.05) is 35.9 Å². The number of H-pyrrole nitrogens is 1. The summed E-state index contributed by atoms with van der Waals surface area (Å²) in [5.74, 6) is -0.245. The first-order chi connectivity index (χ1) is 16.5. The number of rotatable bonds is 4. The first kappa shape index (κ1) is 20.5. The fourth-order valence-corrected chi connectivity index (χ4v) is 4.98. The summed E-state index contributed by atoms with van der Waals surface area (Å²) in [6, 6.07) is 16.8. The Morgan fingerprint density at radius 2 is 2.03 bits per heavy atom. The Bertz CT molecular complexity index is 1690.